The largest absolute Gasteiger partial charge is 0.318 e. The topological polar surface area (TPSA) is 39.8 Å². The first-order valence-electron chi connectivity index (χ1n) is 11.0. The van der Waals surface area contributed by atoms with Gasteiger partial charge in [0.15, 0.2) is 10.9 Å². The molecule has 0 radical (unpaired) electrons. The molecule has 3 aromatic carbocycles. The molecule has 0 atom stereocenters. The Balaban J connectivity index is 1.45. The number of Topliss-reactive ketones (excluding diaryl/α,β-unsaturated/α-hetero) is 1. The van der Waals surface area contributed by atoms with E-state index >= 15 is 0 Å². The van der Waals surface area contributed by atoms with E-state index in [2.05, 4.69) is 58.5 Å². The zero-order chi connectivity index (χ0) is 22.9. The Morgan fingerprint density at radius 2 is 1.48 bits per heavy atom. The van der Waals surface area contributed by atoms with Crippen LogP contribution in [-0.2, 0) is 0 Å². The molecule has 0 saturated carbocycles. The van der Waals surface area contributed by atoms with Crippen LogP contribution < -0.4 is 0 Å². The van der Waals surface area contributed by atoms with Crippen LogP contribution in [-0.4, -0.2) is 25.7 Å². The van der Waals surface area contributed by atoms with Gasteiger partial charge in [-0.1, -0.05) is 59.8 Å². The second-order valence-corrected chi connectivity index (χ2v) is 9.16. The maximum atomic E-state index is 13.3. The van der Waals surface area contributed by atoms with Crippen molar-refractivity contribution >= 4 is 28.6 Å². The molecule has 0 fully saturated rings. The fraction of sp³-hybridized carbons (Fsp3) is 0.143. The van der Waals surface area contributed by atoms with Crippen LogP contribution >= 0.6 is 11.8 Å². The normalized spacial score (nSPS) is 11.2. The van der Waals surface area contributed by atoms with Gasteiger partial charge in [0.25, 0.3) is 0 Å². The van der Waals surface area contributed by atoms with Gasteiger partial charge >= 0.3 is 0 Å². The first-order valence-corrected chi connectivity index (χ1v) is 12.0. The van der Waals surface area contributed by atoms with Crippen LogP contribution in [0.2, 0.25) is 0 Å². The average Bonchev–Trinajstić information content (AvgIpc) is 3.35. The maximum Gasteiger partial charge on any atom is 0.175 e. The summed E-state index contributed by atoms with van der Waals surface area (Å²) in [4.78, 5) is 18.1. The fourth-order valence-electron chi connectivity index (χ4n) is 4.27. The molecule has 4 nitrogen and oxygen atoms in total. The van der Waals surface area contributed by atoms with Crippen LogP contribution in [0.3, 0.4) is 0 Å². The molecule has 33 heavy (non-hydrogen) atoms. The van der Waals surface area contributed by atoms with E-state index < -0.39 is 0 Å². The predicted octanol–water partition coefficient (Wildman–Crippen LogP) is 6.72. The number of benzene rings is 3. The van der Waals surface area contributed by atoms with Gasteiger partial charge in [0.05, 0.1) is 16.8 Å². The Morgan fingerprint density at radius 1 is 0.818 bits per heavy atom. The van der Waals surface area contributed by atoms with Crippen molar-refractivity contribution in [2.75, 3.05) is 5.75 Å². The van der Waals surface area contributed by atoms with Crippen molar-refractivity contribution in [1.29, 1.82) is 0 Å². The Hall–Kier alpha value is -3.57. The SMILES string of the molecule is Cc1ccc(-n2c(C)cc(C(=O)CSc3nc4ccccc4n3-c3ccccc3)c2C)cc1. The van der Waals surface area contributed by atoms with Gasteiger partial charge in [-0.05, 0) is 63.2 Å². The lowest BCUT2D eigenvalue weighted by atomic mass is 10.2. The van der Waals surface area contributed by atoms with Crippen molar-refractivity contribution in [2.45, 2.75) is 25.9 Å². The Bertz CT molecular complexity index is 1450. The zero-order valence-electron chi connectivity index (χ0n) is 18.9. The third kappa shape index (κ3) is 4.00. The maximum absolute atomic E-state index is 13.3. The van der Waals surface area contributed by atoms with Crippen molar-refractivity contribution in [3.8, 4) is 11.4 Å². The molecule has 164 valence electrons. The quantitative estimate of drug-likeness (QED) is 0.213. The van der Waals surface area contributed by atoms with Crippen LogP contribution in [0.4, 0.5) is 0 Å². The number of imidazole rings is 1. The van der Waals surface area contributed by atoms with E-state index in [1.54, 1.807) is 0 Å². The Labute approximate surface area is 197 Å². The second kappa shape index (κ2) is 8.75. The monoisotopic (exact) mass is 451 g/mol. The van der Waals surface area contributed by atoms with E-state index in [1.807, 2.05) is 56.3 Å². The lowest BCUT2D eigenvalue weighted by Gasteiger charge is -2.10. The first kappa shape index (κ1) is 21.3. The number of para-hydroxylation sites is 3. The van der Waals surface area contributed by atoms with Crippen LogP contribution in [0, 0.1) is 20.8 Å². The number of thioether (sulfide) groups is 1. The smallest absolute Gasteiger partial charge is 0.175 e. The molecule has 0 amide bonds. The van der Waals surface area contributed by atoms with E-state index in [0.29, 0.717) is 5.75 Å². The van der Waals surface area contributed by atoms with Crippen LogP contribution in [0.25, 0.3) is 22.4 Å². The summed E-state index contributed by atoms with van der Waals surface area (Å²) in [6, 6.07) is 28.6. The molecule has 0 N–H and O–H groups in total. The van der Waals surface area contributed by atoms with Crippen LogP contribution in [0.5, 0.6) is 0 Å². The van der Waals surface area contributed by atoms with Crippen LogP contribution in [0.15, 0.2) is 90.1 Å². The number of rotatable bonds is 6. The molecular formula is C28H25N3OS. The number of ketones is 1. The van der Waals surface area contributed by atoms with E-state index in [4.69, 9.17) is 4.98 Å². The molecule has 5 aromatic rings. The number of carbonyl (C=O) groups excluding carboxylic acids is 1. The first-order chi connectivity index (χ1) is 16.0. The zero-order valence-corrected chi connectivity index (χ0v) is 19.8. The molecule has 0 saturated heterocycles. The molecule has 0 aliphatic heterocycles. The summed E-state index contributed by atoms with van der Waals surface area (Å²) in [6.07, 6.45) is 0. The molecule has 0 aliphatic rings. The molecular weight excluding hydrogens is 426 g/mol. The summed E-state index contributed by atoms with van der Waals surface area (Å²) in [7, 11) is 0. The third-order valence-corrected chi connectivity index (χ3v) is 6.84. The number of hydrogen-bond donors (Lipinski definition) is 0. The van der Waals surface area contributed by atoms with Crippen molar-refractivity contribution in [2.24, 2.45) is 0 Å². The Morgan fingerprint density at radius 3 is 2.24 bits per heavy atom. The number of nitrogens with zero attached hydrogens (tertiary/aromatic N) is 3. The van der Waals surface area contributed by atoms with E-state index in [9.17, 15) is 4.79 Å². The molecule has 0 bridgehead atoms. The molecule has 2 heterocycles. The summed E-state index contributed by atoms with van der Waals surface area (Å²) in [5.74, 6) is 0.437. The summed E-state index contributed by atoms with van der Waals surface area (Å²) in [5, 5.41) is 0.822. The standard InChI is InChI=1S/C28H25N3OS/c1-19-13-15-23(16-14-19)30-20(2)17-24(21(30)3)27(32)18-33-28-29-25-11-7-8-12-26(25)31(28)22-9-5-4-6-10-22/h4-17H,18H2,1-3H3. The van der Waals surface area contributed by atoms with Gasteiger partial charge in [-0.15, -0.1) is 0 Å². The highest BCUT2D eigenvalue weighted by Crippen LogP contribution is 2.29. The number of carbonyl (C=O) groups is 1. The van der Waals surface area contributed by atoms with Gasteiger partial charge in [-0.3, -0.25) is 9.36 Å². The summed E-state index contributed by atoms with van der Waals surface area (Å²) < 4.78 is 4.28. The minimum Gasteiger partial charge on any atom is -0.318 e. The van der Waals surface area contributed by atoms with E-state index in [1.165, 1.54) is 17.3 Å². The van der Waals surface area contributed by atoms with Gasteiger partial charge < -0.3 is 4.57 Å². The summed E-state index contributed by atoms with van der Waals surface area (Å²) >= 11 is 1.49. The van der Waals surface area contributed by atoms with E-state index in [0.717, 1.165) is 44.5 Å². The predicted molar refractivity (Wildman–Crippen MR) is 136 cm³/mol. The number of aromatic nitrogens is 3. The van der Waals surface area contributed by atoms with Gasteiger partial charge in [-0.2, -0.15) is 0 Å². The molecule has 5 rings (SSSR count). The third-order valence-electron chi connectivity index (χ3n) is 5.90. The van der Waals surface area contributed by atoms with Gasteiger partial charge in [-0.25, -0.2) is 4.98 Å². The number of fused-ring (bicyclic) bond motifs is 1. The van der Waals surface area contributed by atoms with Crippen molar-refractivity contribution in [1.82, 2.24) is 14.1 Å². The van der Waals surface area contributed by atoms with Crippen molar-refractivity contribution < 1.29 is 4.79 Å². The average molecular weight is 452 g/mol. The van der Waals surface area contributed by atoms with E-state index in [-0.39, 0.29) is 5.78 Å². The number of aryl methyl sites for hydroxylation is 2. The lowest BCUT2D eigenvalue weighted by Crippen LogP contribution is -2.06. The Kier molecular flexibility index (Phi) is 5.65. The highest BCUT2D eigenvalue weighted by molar-refractivity contribution is 7.99. The molecule has 5 heteroatoms. The van der Waals surface area contributed by atoms with Gasteiger partial charge in [0.2, 0.25) is 0 Å². The van der Waals surface area contributed by atoms with Crippen molar-refractivity contribution in [3.05, 3.63) is 107 Å². The number of hydrogen-bond acceptors (Lipinski definition) is 3. The molecule has 0 spiro atoms. The summed E-state index contributed by atoms with van der Waals surface area (Å²) in [6.45, 7) is 6.14. The molecule has 2 aromatic heterocycles. The van der Waals surface area contributed by atoms with Crippen LogP contribution in [0.1, 0.15) is 27.3 Å². The van der Waals surface area contributed by atoms with Gasteiger partial charge in [0, 0.05) is 28.3 Å². The second-order valence-electron chi connectivity index (χ2n) is 8.22. The molecule has 0 unspecified atom stereocenters. The highest BCUT2D eigenvalue weighted by Gasteiger charge is 2.19. The van der Waals surface area contributed by atoms with Gasteiger partial charge in [0.1, 0.15) is 0 Å². The lowest BCUT2D eigenvalue weighted by molar-refractivity contribution is 0.102. The van der Waals surface area contributed by atoms with Crippen molar-refractivity contribution in [3.63, 3.8) is 0 Å². The minimum atomic E-state index is 0.109. The fourth-order valence-corrected chi connectivity index (χ4v) is 5.18. The highest BCUT2D eigenvalue weighted by atomic mass is 32.2. The molecule has 0 aliphatic carbocycles. The summed E-state index contributed by atoms with van der Waals surface area (Å²) in [5.41, 5.74) is 8.09. The minimum absolute atomic E-state index is 0.109.